The van der Waals surface area contributed by atoms with Crippen molar-refractivity contribution in [2.75, 3.05) is 67.3 Å². The minimum Gasteiger partial charge on any atom is -0.495 e. The Morgan fingerprint density at radius 1 is 0.833 bits per heavy atom. The minimum absolute atomic E-state index is 0.108. The van der Waals surface area contributed by atoms with Gasteiger partial charge < -0.3 is 33.2 Å². The number of hydrogen-bond acceptors (Lipinski definition) is 10. The number of amides is 1. The Bertz CT molecular complexity index is 1130. The monoisotopic (exact) mass is 518 g/mol. The molecule has 0 atom stereocenters. The van der Waals surface area contributed by atoms with Gasteiger partial charge in [0.1, 0.15) is 12.4 Å². The van der Waals surface area contributed by atoms with Crippen LogP contribution in [0.4, 0.5) is 10.5 Å². The van der Waals surface area contributed by atoms with Crippen molar-refractivity contribution in [2.24, 2.45) is 0 Å². The van der Waals surface area contributed by atoms with E-state index in [1.54, 1.807) is 46.8 Å². The Hall–Kier alpha value is -3.54. The molecular weight excluding hydrogens is 488 g/mol. The second kappa shape index (κ2) is 13.5. The fourth-order valence-electron chi connectivity index (χ4n) is 3.42. The number of carbonyl (C=O) groups is 1. The highest BCUT2D eigenvalue weighted by Gasteiger charge is 2.19. The van der Waals surface area contributed by atoms with E-state index >= 15 is 0 Å². The molecule has 0 bridgehead atoms. The number of benzene rings is 2. The third-order valence-corrected chi connectivity index (χ3v) is 5.99. The maximum absolute atomic E-state index is 12.3. The van der Waals surface area contributed by atoms with Crippen LogP contribution in [0.2, 0.25) is 0 Å². The minimum atomic E-state index is -0.617. The standard InChI is InChI=1S/C25H30N2O8S/c1-29-8-9-34-10-11-35-25(28)27-19-12-16(6-7-20(19)30-2)18-15-26-36-24(18)17-13-21(31-3)23(33-5)22(14-17)32-4/h6-7,12-15H,8-11H2,1-5H3,(H,27,28). The molecule has 1 heterocycles. The van der Waals surface area contributed by atoms with Gasteiger partial charge in [0.15, 0.2) is 11.5 Å². The smallest absolute Gasteiger partial charge is 0.411 e. The zero-order chi connectivity index (χ0) is 25.9. The van der Waals surface area contributed by atoms with E-state index in [2.05, 4.69) is 9.69 Å². The van der Waals surface area contributed by atoms with Crippen LogP contribution in [-0.4, -0.2) is 72.4 Å². The molecule has 1 N–H and O–H groups in total. The van der Waals surface area contributed by atoms with Crippen LogP contribution in [0.5, 0.6) is 23.0 Å². The van der Waals surface area contributed by atoms with Crippen LogP contribution in [-0.2, 0) is 14.2 Å². The first-order valence-corrected chi connectivity index (χ1v) is 11.8. The Labute approximate surface area is 214 Å². The average molecular weight is 519 g/mol. The molecule has 0 spiro atoms. The molecule has 3 aromatic rings. The predicted molar refractivity (Wildman–Crippen MR) is 137 cm³/mol. The number of aromatic nitrogens is 1. The van der Waals surface area contributed by atoms with Gasteiger partial charge in [0, 0.05) is 24.4 Å². The second-order valence-electron chi connectivity index (χ2n) is 7.26. The lowest BCUT2D eigenvalue weighted by molar-refractivity contribution is 0.0447. The summed E-state index contributed by atoms with van der Waals surface area (Å²) in [4.78, 5) is 13.2. The van der Waals surface area contributed by atoms with E-state index in [-0.39, 0.29) is 13.2 Å². The fraction of sp³-hybridized carbons (Fsp3) is 0.360. The molecule has 0 aliphatic heterocycles. The van der Waals surface area contributed by atoms with Gasteiger partial charge in [0.2, 0.25) is 5.75 Å². The highest BCUT2D eigenvalue weighted by Crippen LogP contribution is 2.45. The summed E-state index contributed by atoms with van der Waals surface area (Å²) >= 11 is 1.33. The van der Waals surface area contributed by atoms with Gasteiger partial charge in [-0.2, -0.15) is 4.37 Å². The Morgan fingerprint density at radius 2 is 1.53 bits per heavy atom. The quantitative estimate of drug-likeness (QED) is 0.322. The second-order valence-corrected chi connectivity index (χ2v) is 8.07. The van der Waals surface area contributed by atoms with Crippen LogP contribution >= 0.6 is 11.5 Å². The van der Waals surface area contributed by atoms with Crippen molar-refractivity contribution in [2.45, 2.75) is 0 Å². The molecule has 0 saturated carbocycles. The summed E-state index contributed by atoms with van der Waals surface area (Å²) in [6.45, 7) is 1.29. The van der Waals surface area contributed by atoms with Crippen molar-refractivity contribution in [3.8, 4) is 44.6 Å². The largest absolute Gasteiger partial charge is 0.495 e. The first-order chi connectivity index (χ1) is 17.6. The molecule has 36 heavy (non-hydrogen) atoms. The number of methoxy groups -OCH3 is 5. The van der Waals surface area contributed by atoms with Gasteiger partial charge in [-0.3, -0.25) is 5.32 Å². The van der Waals surface area contributed by atoms with Crippen molar-refractivity contribution >= 4 is 23.3 Å². The summed E-state index contributed by atoms with van der Waals surface area (Å²) in [5, 5.41) is 2.74. The maximum Gasteiger partial charge on any atom is 0.411 e. The number of nitrogens with one attached hydrogen (secondary N) is 1. The van der Waals surface area contributed by atoms with E-state index < -0.39 is 6.09 Å². The van der Waals surface area contributed by atoms with Crippen molar-refractivity contribution in [3.05, 3.63) is 36.5 Å². The first-order valence-electron chi connectivity index (χ1n) is 11.0. The first kappa shape index (κ1) is 27.1. The van der Waals surface area contributed by atoms with E-state index in [9.17, 15) is 4.79 Å². The summed E-state index contributed by atoms with van der Waals surface area (Å²) in [6.07, 6.45) is 1.15. The van der Waals surface area contributed by atoms with Crippen LogP contribution in [0, 0.1) is 0 Å². The molecule has 0 aliphatic carbocycles. The lowest BCUT2D eigenvalue weighted by Crippen LogP contribution is -2.18. The molecule has 1 aromatic heterocycles. The van der Waals surface area contributed by atoms with Gasteiger partial charge >= 0.3 is 6.09 Å². The predicted octanol–water partition coefficient (Wildman–Crippen LogP) is 4.72. The lowest BCUT2D eigenvalue weighted by atomic mass is 10.0. The van der Waals surface area contributed by atoms with Gasteiger partial charge in [-0.25, -0.2) is 4.79 Å². The van der Waals surface area contributed by atoms with Gasteiger partial charge in [-0.15, -0.1) is 0 Å². The molecular formula is C25H30N2O8S. The molecule has 2 aromatic carbocycles. The van der Waals surface area contributed by atoms with Crippen LogP contribution in [0.3, 0.4) is 0 Å². The van der Waals surface area contributed by atoms with E-state index in [1.165, 1.54) is 18.6 Å². The Morgan fingerprint density at radius 3 is 2.17 bits per heavy atom. The van der Waals surface area contributed by atoms with Gasteiger partial charge in [-0.05, 0) is 41.4 Å². The molecule has 10 nitrogen and oxygen atoms in total. The van der Waals surface area contributed by atoms with Crippen molar-refractivity contribution in [1.82, 2.24) is 4.37 Å². The van der Waals surface area contributed by atoms with Crippen molar-refractivity contribution < 1.29 is 38.0 Å². The molecule has 0 aliphatic rings. The molecule has 3 rings (SSSR count). The normalized spacial score (nSPS) is 10.6. The Kier molecular flexibility index (Phi) is 10.2. The highest BCUT2D eigenvalue weighted by atomic mass is 32.1. The van der Waals surface area contributed by atoms with Crippen molar-refractivity contribution in [1.29, 1.82) is 0 Å². The SMILES string of the molecule is COCCOCCOC(=O)Nc1cc(-c2cnsc2-c2cc(OC)c(OC)c(OC)c2)ccc1OC. The number of ether oxygens (including phenoxy) is 7. The lowest BCUT2D eigenvalue weighted by Gasteiger charge is -2.15. The van der Waals surface area contributed by atoms with Crippen LogP contribution in [0.15, 0.2) is 36.5 Å². The van der Waals surface area contributed by atoms with Crippen LogP contribution in [0.1, 0.15) is 0 Å². The number of hydrogen-bond donors (Lipinski definition) is 1. The van der Waals surface area contributed by atoms with E-state index in [0.717, 1.165) is 21.6 Å². The summed E-state index contributed by atoms with van der Waals surface area (Å²) in [5.74, 6) is 2.08. The van der Waals surface area contributed by atoms with E-state index in [4.69, 9.17) is 33.2 Å². The number of anilines is 1. The van der Waals surface area contributed by atoms with Crippen molar-refractivity contribution in [3.63, 3.8) is 0 Å². The van der Waals surface area contributed by atoms with Crippen LogP contribution in [0.25, 0.3) is 21.6 Å². The molecule has 0 radical (unpaired) electrons. The summed E-state index contributed by atoms with van der Waals surface area (Å²) in [5.41, 5.74) is 2.99. The van der Waals surface area contributed by atoms with Gasteiger partial charge in [0.05, 0.1) is 58.8 Å². The Balaban J connectivity index is 1.84. The zero-order valence-electron chi connectivity index (χ0n) is 20.9. The maximum atomic E-state index is 12.3. The third-order valence-electron chi connectivity index (χ3n) is 5.14. The summed E-state index contributed by atoms with van der Waals surface area (Å²) < 4.78 is 41.7. The van der Waals surface area contributed by atoms with E-state index in [1.807, 2.05) is 18.2 Å². The molecule has 0 unspecified atom stereocenters. The van der Waals surface area contributed by atoms with Gasteiger partial charge in [-0.1, -0.05) is 6.07 Å². The summed E-state index contributed by atoms with van der Waals surface area (Å²) in [7, 11) is 7.82. The topological polar surface area (TPSA) is 107 Å². The molecule has 0 fully saturated rings. The molecule has 11 heteroatoms. The highest BCUT2D eigenvalue weighted by molar-refractivity contribution is 7.10. The molecule has 0 saturated heterocycles. The number of nitrogens with zero attached hydrogens (tertiary/aromatic N) is 1. The molecule has 1 amide bonds. The third kappa shape index (κ3) is 6.56. The van der Waals surface area contributed by atoms with E-state index in [0.29, 0.717) is 41.9 Å². The number of rotatable bonds is 13. The van der Waals surface area contributed by atoms with Crippen LogP contribution < -0.4 is 24.3 Å². The average Bonchev–Trinajstić information content (AvgIpc) is 3.39. The fourth-order valence-corrected chi connectivity index (χ4v) is 4.18. The molecule has 194 valence electrons. The van der Waals surface area contributed by atoms with Gasteiger partial charge in [0.25, 0.3) is 0 Å². The summed E-state index contributed by atoms with van der Waals surface area (Å²) in [6, 6.07) is 9.21. The zero-order valence-corrected chi connectivity index (χ0v) is 21.7. The number of carbonyl (C=O) groups excluding carboxylic acids is 1.